The van der Waals surface area contributed by atoms with E-state index in [0.717, 1.165) is 24.3 Å². The van der Waals surface area contributed by atoms with Crippen molar-refractivity contribution in [2.24, 2.45) is 0 Å². The number of hydrogen-bond acceptors (Lipinski definition) is 2. The molecular formula is C15H22N2O2. The number of carbonyl (C=O) groups excluding carboxylic acids is 2. The fourth-order valence-corrected chi connectivity index (χ4v) is 1.88. The summed E-state index contributed by atoms with van der Waals surface area (Å²) in [5.74, 6) is 0.129. The highest BCUT2D eigenvalue weighted by atomic mass is 16.2. The second-order valence-electron chi connectivity index (χ2n) is 4.49. The van der Waals surface area contributed by atoms with Crippen LogP contribution in [0.5, 0.6) is 0 Å². The summed E-state index contributed by atoms with van der Waals surface area (Å²) in [6, 6.07) is 7.53. The molecule has 0 atom stereocenters. The molecule has 0 heterocycles. The van der Waals surface area contributed by atoms with Gasteiger partial charge in [0.2, 0.25) is 11.8 Å². The maximum Gasteiger partial charge on any atom is 0.226 e. The Balaban J connectivity index is 2.72. The van der Waals surface area contributed by atoms with Crippen LogP contribution < -0.4 is 4.90 Å². The first-order valence-electron chi connectivity index (χ1n) is 6.60. The summed E-state index contributed by atoms with van der Waals surface area (Å²) in [5, 5.41) is 0. The van der Waals surface area contributed by atoms with E-state index in [9.17, 15) is 9.59 Å². The minimum absolute atomic E-state index is 0.00744. The molecule has 1 aromatic rings. The normalized spacial score (nSPS) is 10.1. The van der Waals surface area contributed by atoms with Gasteiger partial charge in [0.25, 0.3) is 0 Å². The third kappa shape index (κ3) is 4.09. The van der Waals surface area contributed by atoms with Gasteiger partial charge in [-0.1, -0.05) is 12.1 Å². The molecule has 0 aromatic heterocycles. The largest absolute Gasteiger partial charge is 0.343 e. The first kappa shape index (κ1) is 15.2. The van der Waals surface area contributed by atoms with Gasteiger partial charge in [-0.25, -0.2) is 0 Å². The third-order valence-corrected chi connectivity index (χ3v) is 3.27. The van der Waals surface area contributed by atoms with Crippen LogP contribution >= 0.6 is 0 Å². The standard InChI is InChI=1S/C15H22N2O2/c1-5-17(6-2)15(19)11-13-7-9-14(10-8-13)16(4)12(3)18/h7-10H,5-6,11H2,1-4H3. The molecule has 19 heavy (non-hydrogen) atoms. The molecular weight excluding hydrogens is 240 g/mol. The Bertz CT molecular complexity index is 436. The molecule has 0 aliphatic heterocycles. The fraction of sp³-hybridized carbons (Fsp3) is 0.467. The number of anilines is 1. The van der Waals surface area contributed by atoms with Crippen LogP contribution in [-0.4, -0.2) is 36.9 Å². The number of benzene rings is 1. The van der Waals surface area contributed by atoms with Gasteiger partial charge in [-0.05, 0) is 31.5 Å². The Kier molecular flexibility index (Phi) is 5.55. The lowest BCUT2D eigenvalue weighted by atomic mass is 10.1. The molecule has 0 unspecified atom stereocenters. The smallest absolute Gasteiger partial charge is 0.226 e. The summed E-state index contributed by atoms with van der Waals surface area (Å²) in [7, 11) is 1.73. The number of nitrogens with zero attached hydrogens (tertiary/aromatic N) is 2. The number of carbonyl (C=O) groups is 2. The minimum Gasteiger partial charge on any atom is -0.343 e. The molecule has 1 rings (SSSR count). The van der Waals surface area contributed by atoms with Crippen LogP contribution in [0.25, 0.3) is 0 Å². The lowest BCUT2D eigenvalue weighted by molar-refractivity contribution is -0.130. The molecule has 0 N–H and O–H groups in total. The minimum atomic E-state index is -0.00744. The fourth-order valence-electron chi connectivity index (χ4n) is 1.88. The molecule has 0 saturated heterocycles. The summed E-state index contributed by atoms with van der Waals surface area (Å²) in [6.45, 7) is 6.96. The molecule has 4 nitrogen and oxygen atoms in total. The van der Waals surface area contributed by atoms with Gasteiger partial charge in [0.15, 0.2) is 0 Å². The summed E-state index contributed by atoms with van der Waals surface area (Å²) in [5.41, 5.74) is 1.81. The van der Waals surface area contributed by atoms with Gasteiger partial charge in [-0.15, -0.1) is 0 Å². The SMILES string of the molecule is CCN(CC)C(=O)Cc1ccc(N(C)C(C)=O)cc1. The number of hydrogen-bond donors (Lipinski definition) is 0. The highest BCUT2D eigenvalue weighted by Crippen LogP contribution is 2.14. The lowest BCUT2D eigenvalue weighted by Crippen LogP contribution is -2.31. The van der Waals surface area contributed by atoms with Crippen LogP contribution in [0.4, 0.5) is 5.69 Å². The average molecular weight is 262 g/mol. The van der Waals surface area contributed by atoms with Crippen LogP contribution in [0.3, 0.4) is 0 Å². The van der Waals surface area contributed by atoms with Gasteiger partial charge >= 0.3 is 0 Å². The molecule has 4 heteroatoms. The van der Waals surface area contributed by atoms with Crippen molar-refractivity contribution in [3.63, 3.8) is 0 Å². The zero-order valence-corrected chi connectivity index (χ0v) is 12.1. The maximum atomic E-state index is 12.0. The molecule has 0 fully saturated rings. The summed E-state index contributed by atoms with van der Waals surface area (Å²) in [4.78, 5) is 26.6. The van der Waals surface area contributed by atoms with Gasteiger partial charge in [0, 0.05) is 32.7 Å². The average Bonchev–Trinajstić information content (AvgIpc) is 2.40. The Morgan fingerprint density at radius 3 is 2.00 bits per heavy atom. The Morgan fingerprint density at radius 2 is 1.58 bits per heavy atom. The number of likely N-dealkylation sites (N-methyl/N-ethyl adjacent to an activating group) is 1. The van der Waals surface area contributed by atoms with Crippen molar-refractivity contribution < 1.29 is 9.59 Å². The van der Waals surface area contributed by atoms with Gasteiger partial charge in [-0.3, -0.25) is 9.59 Å². The topological polar surface area (TPSA) is 40.6 Å². The van der Waals surface area contributed by atoms with Gasteiger partial charge in [0.1, 0.15) is 0 Å². The third-order valence-electron chi connectivity index (χ3n) is 3.27. The molecule has 0 radical (unpaired) electrons. The monoisotopic (exact) mass is 262 g/mol. The molecule has 104 valence electrons. The Labute approximate surface area is 115 Å². The molecule has 0 saturated carbocycles. The number of amides is 2. The molecule has 0 aliphatic rings. The zero-order chi connectivity index (χ0) is 14.4. The Hall–Kier alpha value is -1.84. The molecule has 0 spiro atoms. The Morgan fingerprint density at radius 1 is 1.05 bits per heavy atom. The second-order valence-corrected chi connectivity index (χ2v) is 4.49. The van der Waals surface area contributed by atoms with E-state index in [2.05, 4.69) is 0 Å². The van der Waals surface area contributed by atoms with E-state index in [1.54, 1.807) is 11.9 Å². The van der Waals surface area contributed by atoms with Crippen molar-refractivity contribution in [2.45, 2.75) is 27.2 Å². The molecule has 0 aliphatic carbocycles. The van der Waals surface area contributed by atoms with Crippen LogP contribution in [0.1, 0.15) is 26.3 Å². The number of rotatable bonds is 5. The van der Waals surface area contributed by atoms with Crippen molar-refractivity contribution >= 4 is 17.5 Å². The quantitative estimate of drug-likeness (QED) is 0.815. The van der Waals surface area contributed by atoms with E-state index in [1.165, 1.54) is 6.92 Å². The zero-order valence-electron chi connectivity index (χ0n) is 12.1. The first-order chi connectivity index (χ1) is 8.99. The van der Waals surface area contributed by atoms with Crippen LogP contribution in [-0.2, 0) is 16.0 Å². The van der Waals surface area contributed by atoms with Crippen molar-refractivity contribution in [3.8, 4) is 0 Å². The molecule has 0 bridgehead atoms. The van der Waals surface area contributed by atoms with Crippen molar-refractivity contribution in [3.05, 3.63) is 29.8 Å². The first-order valence-corrected chi connectivity index (χ1v) is 6.60. The van der Waals surface area contributed by atoms with E-state index in [1.807, 2.05) is 43.0 Å². The van der Waals surface area contributed by atoms with Crippen LogP contribution in [0, 0.1) is 0 Å². The van der Waals surface area contributed by atoms with E-state index in [0.29, 0.717) is 6.42 Å². The van der Waals surface area contributed by atoms with E-state index in [-0.39, 0.29) is 11.8 Å². The predicted molar refractivity (Wildman–Crippen MR) is 77.2 cm³/mol. The maximum absolute atomic E-state index is 12.0. The van der Waals surface area contributed by atoms with Crippen molar-refractivity contribution in [2.75, 3.05) is 25.0 Å². The molecule has 2 amide bonds. The highest BCUT2D eigenvalue weighted by Gasteiger charge is 2.11. The summed E-state index contributed by atoms with van der Waals surface area (Å²) < 4.78 is 0. The lowest BCUT2D eigenvalue weighted by Gasteiger charge is -2.19. The van der Waals surface area contributed by atoms with E-state index in [4.69, 9.17) is 0 Å². The van der Waals surface area contributed by atoms with Gasteiger partial charge < -0.3 is 9.80 Å². The molecule has 1 aromatic carbocycles. The van der Waals surface area contributed by atoms with Crippen LogP contribution in [0.15, 0.2) is 24.3 Å². The van der Waals surface area contributed by atoms with E-state index >= 15 is 0 Å². The predicted octanol–water partition coefficient (Wildman–Crippen LogP) is 2.08. The van der Waals surface area contributed by atoms with Crippen molar-refractivity contribution in [1.82, 2.24) is 4.90 Å². The van der Waals surface area contributed by atoms with E-state index < -0.39 is 0 Å². The summed E-state index contributed by atoms with van der Waals surface area (Å²) in [6.07, 6.45) is 0.408. The highest BCUT2D eigenvalue weighted by molar-refractivity contribution is 5.90. The second kappa shape index (κ2) is 6.92. The van der Waals surface area contributed by atoms with Gasteiger partial charge in [-0.2, -0.15) is 0 Å². The van der Waals surface area contributed by atoms with Crippen LogP contribution in [0.2, 0.25) is 0 Å². The summed E-state index contributed by atoms with van der Waals surface area (Å²) >= 11 is 0. The van der Waals surface area contributed by atoms with Gasteiger partial charge in [0.05, 0.1) is 6.42 Å². The van der Waals surface area contributed by atoms with Crippen molar-refractivity contribution in [1.29, 1.82) is 0 Å².